The number of aromatic nitrogens is 1. The van der Waals surface area contributed by atoms with Gasteiger partial charge in [-0.05, 0) is 49.8 Å². The summed E-state index contributed by atoms with van der Waals surface area (Å²) in [6.45, 7) is 0.614. The summed E-state index contributed by atoms with van der Waals surface area (Å²) in [5.74, 6) is -0.920. The highest BCUT2D eigenvalue weighted by molar-refractivity contribution is 7.11. The summed E-state index contributed by atoms with van der Waals surface area (Å²) in [6, 6.07) is 6.66. The number of amides is 1. The zero-order valence-corrected chi connectivity index (χ0v) is 14.9. The van der Waals surface area contributed by atoms with E-state index in [1.807, 2.05) is 0 Å². The molecule has 2 aromatic rings. The van der Waals surface area contributed by atoms with Crippen molar-refractivity contribution in [3.8, 4) is 0 Å². The molecule has 1 amide bonds. The molecule has 0 aliphatic heterocycles. The highest BCUT2D eigenvalue weighted by Crippen LogP contribution is 2.26. The van der Waals surface area contributed by atoms with E-state index in [4.69, 9.17) is 5.11 Å². The van der Waals surface area contributed by atoms with Crippen molar-refractivity contribution in [2.24, 2.45) is 0 Å². The van der Waals surface area contributed by atoms with Crippen molar-refractivity contribution in [1.29, 1.82) is 0 Å². The van der Waals surface area contributed by atoms with Crippen molar-refractivity contribution >= 4 is 23.2 Å². The molecule has 1 aromatic carbocycles. The van der Waals surface area contributed by atoms with Gasteiger partial charge in [-0.15, -0.1) is 11.3 Å². The average molecular weight is 358 g/mol. The molecular weight excluding hydrogens is 336 g/mol. The number of thiazole rings is 1. The molecule has 2 N–H and O–H groups in total. The van der Waals surface area contributed by atoms with Crippen LogP contribution in [0.3, 0.4) is 0 Å². The van der Waals surface area contributed by atoms with Crippen LogP contribution in [0.5, 0.6) is 0 Å². The smallest absolute Gasteiger partial charge is 0.335 e. The lowest BCUT2D eigenvalue weighted by Crippen LogP contribution is -2.25. The van der Waals surface area contributed by atoms with Crippen LogP contribution in [0.4, 0.5) is 0 Å². The Labute approximate surface area is 151 Å². The molecule has 25 heavy (non-hydrogen) atoms. The fourth-order valence-electron chi connectivity index (χ4n) is 2.98. The molecule has 0 atom stereocenters. The number of fused-ring (bicyclic) bond motifs is 1. The number of benzene rings is 1. The number of nitrogens with zero attached hydrogens (tertiary/aromatic N) is 1. The summed E-state index contributed by atoms with van der Waals surface area (Å²) in [5.41, 5.74) is 2.49. The van der Waals surface area contributed by atoms with Crippen molar-refractivity contribution < 1.29 is 14.7 Å². The molecule has 132 valence electrons. The van der Waals surface area contributed by atoms with Crippen molar-refractivity contribution in [1.82, 2.24) is 10.3 Å². The minimum Gasteiger partial charge on any atom is -0.478 e. The number of carbonyl (C=O) groups is 2. The fourth-order valence-corrected chi connectivity index (χ4v) is 4.14. The highest BCUT2D eigenvalue weighted by atomic mass is 32.1. The topological polar surface area (TPSA) is 79.3 Å². The van der Waals surface area contributed by atoms with Gasteiger partial charge in [-0.1, -0.05) is 12.1 Å². The number of aryl methyl sites for hydroxylation is 3. The van der Waals surface area contributed by atoms with E-state index < -0.39 is 5.97 Å². The van der Waals surface area contributed by atoms with Crippen LogP contribution < -0.4 is 5.32 Å². The summed E-state index contributed by atoms with van der Waals surface area (Å²) in [7, 11) is 0. The summed E-state index contributed by atoms with van der Waals surface area (Å²) in [6.07, 6.45) is 6.55. The van der Waals surface area contributed by atoms with Crippen LogP contribution in [0.1, 0.15) is 50.8 Å². The highest BCUT2D eigenvalue weighted by Gasteiger charge is 2.14. The molecule has 1 aliphatic carbocycles. The quantitative estimate of drug-likeness (QED) is 0.797. The van der Waals surface area contributed by atoms with Gasteiger partial charge in [0.15, 0.2) is 0 Å². The number of rotatable bonds is 7. The Bertz CT molecular complexity index is 729. The Hall–Kier alpha value is -2.21. The second-order valence-electron chi connectivity index (χ2n) is 6.29. The Morgan fingerprint density at radius 3 is 2.60 bits per heavy atom. The molecule has 1 aromatic heterocycles. The molecule has 1 heterocycles. The first-order valence-electron chi connectivity index (χ1n) is 8.68. The lowest BCUT2D eigenvalue weighted by atomic mass is 10.0. The van der Waals surface area contributed by atoms with Crippen molar-refractivity contribution in [3.05, 3.63) is 51.0 Å². The molecule has 0 saturated heterocycles. The number of carbonyl (C=O) groups excluding carboxylic acids is 1. The molecule has 0 unspecified atom stereocenters. The number of carboxylic acids is 1. The molecule has 0 radical (unpaired) electrons. The van der Waals surface area contributed by atoms with Gasteiger partial charge in [-0.3, -0.25) is 4.79 Å². The summed E-state index contributed by atoms with van der Waals surface area (Å²) in [4.78, 5) is 28.9. The van der Waals surface area contributed by atoms with Crippen molar-refractivity contribution in [3.63, 3.8) is 0 Å². The predicted molar refractivity (Wildman–Crippen MR) is 97.2 cm³/mol. The Morgan fingerprint density at radius 1 is 1.12 bits per heavy atom. The third-order valence-electron chi connectivity index (χ3n) is 4.39. The Kier molecular flexibility index (Phi) is 5.81. The average Bonchev–Trinajstić information content (AvgIpc) is 3.03. The van der Waals surface area contributed by atoms with Gasteiger partial charge in [0, 0.05) is 24.3 Å². The third-order valence-corrected chi connectivity index (χ3v) is 5.61. The largest absolute Gasteiger partial charge is 0.478 e. The van der Waals surface area contributed by atoms with E-state index in [-0.39, 0.29) is 11.5 Å². The van der Waals surface area contributed by atoms with Gasteiger partial charge in [0.05, 0.1) is 16.3 Å². The number of nitrogens with one attached hydrogen (secondary N) is 1. The molecule has 6 heteroatoms. The molecule has 1 aliphatic rings. The van der Waals surface area contributed by atoms with E-state index in [1.165, 1.54) is 23.4 Å². The van der Waals surface area contributed by atoms with E-state index in [0.717, 1.165) is 29.8 Å². The van der Waals surface area contributed by atoms with E-state index in [0.29, 0.717) is 19.4 Å². The normalized spacial score (nSPS) is 13.3. The van der Waals surface area contributed by atoms with Crippen LogP contribution in [0.15, 0.2) is 24.3 Å². The first-order chi connectivity index (χ1) is 12.1. The summed E-state index contributed by atoms with van der Waals surface area (Å²) < 4.78 is 0. The minimum absolute atomic E-state index is 0.0173. The summed E-state index contributed by atoms with van der Waals surface area (Å²) in [5, 5.41) is 12.9. The van der Waals surface area contributed by atoms with Gasteiger partial charge in [0.1, 0.15) is 0 Å². The molecule has 0 bridgehead atoms. The predicted octanol–water partition coefficient (Wildman–Crippen LogP) is 3.01. The van der Waals surface area contributed by atoms with Gasteiger partial charge in [0.25, 0.3) is 0 Å². The minimum atomic E-state index is -0.937. The van der Waals surface area contributed by atoms with Crippen LogP contribution in [0.2, 0.25) is 0 Å². The second kappa shape index (κ2) is 8.25. The molecular formula is C19H22N2O3S. The molecule has 3 rings (SSSR count). The molecule has 0 fully saturated rings. The maximum Gasteiger partial charge on any atom is 0.335 e. The zero-order valence-electron chi connectivity index (χ0n) is 14.1. The SMILES string of the molecule is O=C(CCc1ccc(C(=O)O)cc1)NCCc1nc2c(s1)CCCC2. The van der Waals surface area contributed by atoms with E-state index in [2.05, 4.69) is 10.3 Å². The van der Waals surface area contributed by atoms with Gasteiger partial charge >= 0.3 is 5.97 Å². The van der Waals surface area contributed by atoms with Crippen LogP contribution in [-0.2, 0) is 30.5 Å². The lowest BCUT2D eigenvalue weighted by molar-refractivity contribution is -0.121. The monoisotopic (exact) mass is 358 g/mol. The van der Waals surface area contributed by atoms with Crippen LogP contribution >= 0.6 is 11.3 Å². The van der Waals surface area contributed by atoms with Gasteiger partial charge in [-0.2, -0.15) is 0 Å². The number of hydrogen-bond acceptors (Lipinski definition) is 4. The van der Waals surface area contributed by atoms with Crippen LogP contribution in [0, 0.1) is 0 Å². The van der Waals surface area contributed by atoms with E-state index in [9.17, 15) is 9.59 Å². The maximum absolute atomic E-state index is 12.0. The third kappa shape index (κ3) is 4.89. The Balaban J connectivity index is 1.39. The lowest BCUT2D eigenvalue weighted by Gasteiger charge is -2.06. The maximum atomic E-state index is 12.0. The number of aromatic carboxylic acids is 1. The van der Waals surface area contributed by atoms with Gasteiger partial charge < -0.3 is 10.4 Å². The zero-order chi connectivity index (χ0) is 17.6. The van der Waals surface area contributed by atoms with Gasteiger partial charge in [-0.25, -0.2) is 9.78 Å². The second-order valence-corrected chi connectivity index (χ2v) is 7.45. The molecule has 5 nitrogen and oxygen atoms in total. The fraction of sp³-hybridized carbons (Fsp3) is 0.421. The van der Waals surface area contributed by atoms with Gasteiger partial charge in [0.2, 0.25) is 5.91 Å². The van der Waals surface area contributed by atoms with Crippen molar-refractivity contribution in [2.75, 3.05) is 6.54 Å². The standard InChI is InChI=1S/C19H22N2O3S/c22-17(10-7-13-5-8-14(9-6-13)19(23)24)20-12-11-18-21-15-3-1-2-4-16(15)25-18/h5-6,8-9H,1-4,7,10-12H2,(H,20,22)(H,23,24). The summed E-state index contributed by atoms with van der Waals surface area (Å²) >= 11 is 1.79. The van der Waals surface area contributed by atoms with Crippen LogP contribution in [0.25, 0.3) is 0 Å². The Morgan fingerprint density at radius 2 is 1.88 bits per heavy atom. The van der Waals surface area contributed by atoms with E-state index in [1.54, 1.807) is 35.6 Å². The first kappa shape index (κ1) is 17.6. The molecule has 0 spiro atoms. The van der Waals surface area contributed by atoms with Crippen LogP contribution in [-0.4, -0.2) is 28.5 Å². The van der Waals surface area contributed by atoms with E-state index >= 15 is 0 Å². The number of carboxylic acid groups (broad SMARTS) is 1. The van der Waals surface area contributed by atoms with Crippen molar-refractivity contribution in [2.45, 2.75) is 44.9 Å². The molecule has 0 saturated carbocycles. The number of hydrogen-bond donors (Lipinski definition) is 2. The first-order valence-corrected chi connectivity index (χ1v) is 9.50.